The SMILES string of the molecule is O=C(Nc1ccc2c(c1)CCC2)[C@H]1CCCN(c2nnc3ccccn23)C1. The first kappa shape index (κ1) is 16.3. The van der Waals surface area contributed by atoms with Crippen molar-refractivity contribution in [3.63, 3.8) is 0 Å². The fourth-order valence-corrected chi connectivity index (χ4v) is 4.31. The lowest BCUT2D eigenvalue weighted by atomic mass is 9.97. The highest BCUT2D eigenvalue weighted by Gasteiger charge is 2.28. The predicted octanol–water partition coefficient (Wildman–Crippen LogP) is 3.07. The molecule has 6 heteroatoms. The second-order valence-electron chi connectivity index (χ2n) is 7.54. The number of amides is 1. The summed E-state index contributed by atoms with van der Waals surface area (Å²) >= 11 is 0. The van der Waals surface area contributed by atoms with E-state index in [0.717, 1.165) is 49.5 Å². The van der Waals surface area contributed by atoms with Crippen LogP contribution >= 0.6 is 0 Å². The van der Waals surface area contributed by atoms with Gasteiger partial charge in [0.2, 0.25) is 11.9 Å². The third-order valence-corrected chi connectivity index (χ3v) is 5.74. The quantitative estimate of drug-likeness (QED) is 0.779. The van der Waals surface area contributed by atoms with Crippen LogP contribution in [0.3, 0.4) is 0 Å². The number of piperidine rings is 1. The third kappa shape index (κ3) is 3.05. The summed E-state index contributed by atoms with van der Waals surface area (Å²) in [6.45, 7) is 1.57. The van der Waals surface area contributed by atoms with Crippen molar-refractivity contribution < 1.29 is 4.79 Å². The van der Waals surface area contributed by atoms with E-state index in [1.54, 1.807) is 0 Å². The maximum Gasteiger partial charge on any atom is 0.231 e. The highest BCUT2D eigenvalue weighted by molar-refractivity contribution is 5.93. The molecule has 0 unspecified atom stereocenters. The van der Waals surface area contributed by atoms with E-state index < -0.39 is 0 Å². The number of fused-ring (bicyclic) bond motifs is 2. The van der Waals surface area contributed by atoms with E-state index in [9.17, 15) is 4.79 Å². The minimum Gasteiger partial charge on any atom is -0.340 e. The normalized spacial score (nSPS) is 19.3. The van der Waals surface area contributed by atoms with Crippen molar-refractivity contribution in [3.05, 3.63) is 53.7 Å². The molecule has 2 aliphatic rings. The maximum atomic E-state index is 12.9. The van der Waals surface area contributed by atoms with Gasteiger partial charge in [-0.2, -0.15) is 0 Å². The molecule has 1 aliphatic carbocycles. The van der Waals surface area contributed by atoms with Crippen LogP contribution in [0.5, 0.6) is 0 Å². The Morgan fingerprint density at radius 2 is 2.00 bits per heavy atom. The number of hydrogen-bond acceptors (Lipinski definition) is 4. The van der Waals surface area contributed by atoms with Gasteiger partial charge in [0.15, 0.2) is 5.65 Å². The first-order valence-electron chi connectivity index (χ1n) is 9.75. The van der Waals surface area contributed by atoms with Gasteiger partial charge in [0.05, 0.1) is 5.92 Å². The van der Waals surface area contributed by atoms with Crippen LogP contribution in [0.25, 0.3) is 5.65 Å². The largest absolute Gasteiger partial charge is 0.340 e. The molecule has 5 rings (SSSR count). The molecule has 0 bridgehead atoms. The van der Waals surface area contributed by atoms with Crippen molar-refractivity contribution in [1.29, 1.82) is 0 Å². The second-order valence-corrected chi connectivity index (χ2v) is 7.54. The Labute approximate surface area is 158 Å². The molecule has 1 aromatic carbocycles. The maximum absolute atomic E-state index is 12.9. The summed E-state index contributed by atoms with van der Waals surface area (Å²) in [4.78, 5) is 15.0. The topological polar surface area (TPSA) is 62.5 Å². The van der Waals surface area contributed by atoms with Gasteiger partial charge in [-0.3, -0.25) is 9.20 Å². The number of nitrogens with zero attached hydrogens (tertiary/aromatic N) is 4. The molecule has 1 fully saturated rings. The van der Waals surface area contributed by atoms with Gasteiger partial charge in [-0.05, 0) is 67.5 Å². The lowest BCUT2D eigenvalue weighted by Crippen LogP contribution is -2.41. The standard InChI is InChI=1S/C21H23N5O/c27-20(22-18-10-9-15-5-3-6-16(15)13-18)17-7-4-11-25(14-17)21-24-23-19-8-1-2-12-26(19)21/h1-2,8-10,12-13,17H,3-7,11,14H2,(H,22,27)/t17-/m0/s1. The number of aromatic nitrogens is 3. The molecular formula is C21H23N5O. The Kier molecular flexibility index (Phi) is 4.03. The van der Waals surface area contributed by atoms with E-state index in [1.165, 1.54) is 17.5 Å². The number of carbonyl (C=O) groups is 1. The molecular weight excluding hydrogens is 338 g/mol. The number of pyridine rings is 1. The van der Waals surface area contributed by atoms with Gasteiger partial charge in [-0.1, -0.05) is 12.1 Å². The number of aryl methyl sites for hydroxylation is 2. The highest BCUT2D eigenvalue weighted by atomic mass is 16.1. The van der Waals surface area contributed by atoms with Gasteiger partial charge in [-0.15, -0.1) is 10.2 Å². The van der Waals surface area contributed by atoms with E-state index in [-0.39, 0.29) is 11.8 Å². The average molecular weight is 361 g/mol. The van der Waals surface area contributed by atoms with Crippen LogP contribution < -0.4 is 10.2 Å². The minimum absolute atomic E-state index is 0.0388. The number of benzene rings is 1. The van der Waals surface area contributed by atoms with Crippen LogP contribution in [-0.2, 0) is 17.6 Å². The molecule has 1 amide bonds. The zero-order chi connectivity index (χ0) is 18.2. The molecule has 27 heavy (non-hydrogen) atoms. The number of hydrogen-bond donors (Lipinski definition) is 1. The zero-order valence-corrected chi connectivity index (χ0v) is 15.3. The van der Waals surface area contributed by atoms with Crippen molar-refractivity contribution in [2.45, 2.75) is 32.1 Å². The fourth-order valence-electron chi connectivity index (χ4n) is 4.31. The molecule has 1 aliphatic heterocycles. The molecule has 0 spiro atoms. The molecule has 3 heterocycles. The van der Waals surface area contributed by atoms with Gasteiger partial charge in [0.1, 0.15) is 0 Å². The predicted molar refractivity (Wildman–Crippen MR) is 105 cm³/mol. The summed E-state index contributed by atoms with van der Waals surface area (Å²) in [7, 11) is 0. The zero-order valence-electron chi connectivity index (χ0n) is 15.3. The van der Waals surface area contributed by atoms with E-state index in [2.05, 4.69) is 32.5 Å². The van der Waals surface area contributed by atoms with Crippen LogP contribution in [0.4, 0.5) is 11.6 Å². The molecule has 6 nitrogen and oxygen atoms in total. The number of carbonyl (C=O) groups excluding carboxylic acids is 1. The summed E-state index contributed by atoms with van der Waals surface area (Å²) in [5.74, 6) is 0.884. The van der Waals surface area contributed by atoms with Gasteiger partial charge in [-0.25, -0.2) is 0 Å². The Balaban J connectivity index is 1.31. The van der Waals surface area contributed by atoms with Gasteiger partial charge in [0, 0.05) is 25.0 Å². The van der Waals surface area contributed by atoms with Crippen LogP contribution in [0.1, 0.15) is 30.4 Å². The fraction of sp³-hybridized carbons (Fsp3) is 0.381. The van der Waals surface area contributed by atoms with E-state index in [0.29, 0.717) is 6.54 Å². The van der Waals surface area contributed by atoms with E-state index in [4.69, 9.17) is 0 Å². The van der Waals surface area contributed by atoms with Crippen molar-refractivity contribution in [2.75, 3.05) is 23.3 Å². The molecule has 1 saturated heterocycles. The van der Waals surface area contributed by atoms with Gasteiger partial charge >= 0.3 is 0 Å². The van der Waals surface area contributed by atoms with Gasteiger partial charge in [0.25, 0.3) is 0 Å². The molecule has 0 saturated carbocycles. The molecule has 1 N–H and O–H groups in total. The Morgan fingerprint density at radius 1 is 1.07 bits per heavy atom. The Hall–Kier alpha value is -2.89. The van der Waals surface area contributed by atoms with Crippen LogP contribution in [0, 0.1) is 5.92 Å². The van der Waals surface area contributed by atoms with Crippen LogP contribution in [0.15, 0.2) is 42.6 Å². The second kappa shape index (κ2) is 6.68. The summed E-state index contributed by atoms with van der Waals surface area (Å²) in [6.07, 6.45) is 7.35. The first-order valence-corrected chi connectivity index (χ1v) is 9.75. The summed E-state index contributed by atoms with van der Waals surface area (Å²) in [5.41, 5.74) is 4.56. The smallest absolute Gasteiger partial charge is 0.231 e. The first-order chi connectivity index (χ1) is 13.3. The Bertz CT molecular complexity index is 995. The van der Waals surface area contributed by atoms with Gasteiger partial charge < -0.3 is 10.2 Å². The molecule has 3 aromatic rings. The Morgan fingerprint density at radius 3 is 2.96 bits per heavy atom. The summed E-state index contributed by atoms with van der Waals surface area (Å²) in [5, 5.41) is 11.7. The average Bonchev–Trinajstić information content (AvgIpc) is 3.34. The molecule has 138 valence electrons. The van der Waals surface area contributed by atoms with Crippen molar-refractivity contribution >= 4 is 23.2 Å². The van der Waals surface area contributed by atoms with Crippen molar-refractivity contribution in [1.82, 2.24) is 14.6 Å². The summed E-state index contributed by atoms with van der Waals surface area (Å²) < 4.78 is 1.99. The minimum atomic E-state index is -0.0388. The molecule has 1 atom stereocenters. The van der Waals surface area contributed by atoms with Crippen LogP contribution in [-0.4, -0.2) is 33.6 Å². The molecule has 2 aromatic heterocycles. The van der Waals surface area contributed by atoms with E-state index in [1.807, 2.05) is 34.9 Å². The number of nitrogens with one attached hydrogen (secondary N) is 1. The monoisotopic (exact) mass is 361 g/mol. The molecule has 0 radical (unpaired) electrons. The number of rotatable bonds is 3. The highest BCUT2D eigenvalue weighted by Crippen LogP contribution is 2.27. The summed E-state index contributed by atoms with van der Waals surface area (Å²) in [6, 6.07) is 12.2. The third-order valence-electron chi connectivity index (χ3n) is 5.74. The van der Waals surface area contributed by atoms with E-state index >= 15 is 0 Å². The number of anilines is 2. The lowest BCUT2D eigenvalue weighted by Gasteiger charge is -2.32. The van der Waals surface area contributed by atoms with Crippen LogP contribution in [0.2, 0.25) is 0 Å². The van der Waals surface area contributed by atoms with Crippen molar-refractivity contribution in [2.24, 2.45) is 5.92 Å². The van der Waals surface area contributed by atoms with Crippen molar-refractivity contribution in [3.8, 4) is 0 Å². The lowest BCUT2D eigenvalue weighted by molar-refractivity contribution is -0.120.